The molecule has 0 fully saturated rings. The molecule has 3 aromatic rings. The number of ether oxygens (including phenoxy) is 1. The Morgan fingerprint density at radius 1 is 1.18 bits per heavy atom. The highest BCUT2D eigenvalue weighted by atomic mass is 35.5. The minimum absolute atomic E-state index is 0.305. The molecule has 1 aliphatic heterocycles. The molecule has 1 aliphatic rings. The molecule has 1 aromatic heterocycles. The third-order valence-electron chi connectivity index (χ3n) is 4.48. The molecule has 0 saturated heterocycles. The molecule has 3 nitrogen and oxygen atoms in total. The van der Waals surface area contributed by atoms with E-state index < -0.39 is 0 Å². The lowest BCUT2D eigenvalue weighted by molar-refractivity contribution is -0.690. The van der Waals surface area contributed by atoms with Crippen LogP contribution in [0.2, 0.25) is 5.02 Å². The van der Waals surface area contributed by atoms with Crippen LogP contribution in [-0.2, 0) is 6.42 Å². The van der Waals surface area contributed by atoms with E-state index >= 15 is 0 Å². The molecule has 2 aromatic carbocycles. The van der Waals surface area contributed by atoms with E-state index in [1.807, 2.05) is 18.2 Å². The van der Waals surface area contributed by atoms with E-state index in [-0.39, 0.29) is 0 Å². The molecule has 0 aliphatic carbocycles. The first-order valence-corrected chi connectivity index (χ1v) is 7.91. The van der Waals surface area contributed by atoms with Crippen molar-refractivity contribution in [3.05, 3.63) is 64.3 Å². The number of hydrogen-bond donors (Lipinski definition) is 2. The molecule has 0 saturated carbocycles. The second kappa shape index (κ2) is 5.34. The number of benzene rings is 2. The Hall–Kier alpha value is -1.97. The number of quaternary nitrogens is 1. The topological polar surface area (TPSA) is 41.6 Å². The Bertz CT molecular complexity index is 823. The fraction of sp³-hybridized carbons (Fsp3) is 0.222. The van der Waals surface area contributed by atoms with Gasteiger partial charge in [-0.05, 0) is 35.9 Å². The second-order valence-corrected chi connectivity index (χ2v) is 6.17. The summed E-state index contributed by atoms with van der Waals surface area (Å²) in [6.07, 6.45) is 1.08. The van der Waals surface area contributed by atoms with Crippen molar-refractivity contribution in [2.75, 3.05) is 13.7 Å². The lowest BCUT2D eigenvalue weighted by atomic mass is 9.94. The number of rotatable bonds is 2. The number of aromatic amines is 1. The van der Waals surface area contributed by atoms with Gasteiger partial charge in [0, 0.05) is 27.9 Å². The van der Waals surface area contributed by atoms with Gasteiger partial charge in [0.15, 0.2) is 6.04 Å². The first-order chi connectivity index (χ1) is 10.8. The normalized spacial score (nSPS) is 17.5. The van der Waals surface area contributed by atoms with Crippen molar-refractivity contribution in [1.82, 2.24) is 4.98 Å². The Kier molecular flexibility index (Phi) is 3.32. The van der Waals surface area contributed by atoms with Gasteiger partial charge >= 0.3 is 0 Å². The molecule has 0 amide bonds. The van der Waals surface area contributed by atoms with Crippen LogP contribution in [0.4, 0.5) is 0 Å². The van der Waals surface area contributed by atoms with Crippen LogP contribution in [0.3, 0.4) is 0 Å². The molecular weight excluding hydrogens is 296 g/mol. The summed E-state index contributed by atoms with van der Waals surface area (Å²) in [4.78, 5) is 3.61. The van der Waals surface area contributed by atoms with E-state index in [1.54, 1.807) is 7.11 Å². The van der Waals surface area contributed by atoms with Gasteiger partial charge in [0.05, 0.1) is 19.3 Å². The largest absolute Gasteiger partial charge is 0.497 e. The van der Waals surface area contributed by atoms with Crippen LogP contribution in [0.5, 0.6) is 5.75 Å². The average Bonchev–Trinajstić information content (AvgIpc) is 2.93. The summed E-state index contributed by atoms with van der Waals surface area (Å²) >= 11 is 6.02. The van der Waals surface area contributed by atoms with Crippen molar-refractivity contribution in [3.63, 3.8) is 0 Å². The molecule has 22 heavy (non-hydrogen) atoms. The van der Waals surface area contributed by atoms with Crippen LogP contribution in [0, 0.1) is 0 Å². The maximum absolute atomic E-state index is 6.02. The Morgan fingerprint density at radius 3 is 2.77 bits per heavy atom. The van der Waals surface area contributed by atoms with Gasteiger partial charge in [-0.3, -0.25) is 0 Å². The zero-order valence-electron chi connectivity index (χ0n) is 12.4. The van der Waals surface area contributed by atoms with Crippen LogP contribution in [0.1, 0.15) is 22.9 Å². The molecule has 2 heterocycles. The van der Waals surface area contributed by atoms with Gasteiger partial charge < -0.3 is 15.0 Å². The van der Waals surface area contributed by atoms with Gasteiger partial charge in [-0.15, -0.1) is 0 Å². The summed E-state index contributed by atoms with van der Waals surface area (Å²) in [6, 6.07) is 14.7. The summed E-state index contributed by atoms with van der Waals surface area (Å²) in [7, 11) is 1.71. The first-order valence-electron chi connectivity index (χ1n) is 7.53. The van der Waals surface area contributed by atoms with E-state index in [9.17, 15) is 0 Å². The summed E-state index contributed by atoms with van der Waals surface area (Å²) < 4.78 is 5.37. The standard InChI is InChI=1S/C18H17ClN2O/c1-22-13-6-7-16-15(10-13)14-8-9-20-17(18(14)21-16)11-2-4-12(19)5-3-11/h2-7,10,17,20-21H,8-9H2,1H3/p+1/t17-/m1/s1. The zero-order valence-corrected chi connectivity index (χ0v) is 13.2. The molecule has 3 N–H and O–H groups in total. The highest BCUT2D eigenvalue weighted by Crippen LogP contribution is 2.32. The van der Waals surface area contributed by atoms with Crippen LogP contribution < -0.4 is 10.1 Å². The highest BCUT2D eigenvalue weighted by molar-refractivity contribution is 6.30. The maximum Gasteiger partial charge on any atom is 0.153 e. The van der Waals surface area contributed by atoms with Gasteiger partial charge in [0.2, 0.25) is 0 Å². The van der Waals surface area contributed by atoms with Crippen molar-refractivity contribution >= 4 is 22.5 Å². The van der Waals surface area contributed by atoms with Crippen molar-refractivity contribution in [2.24, 2.45) is 0 Å². The van der Waals surface area contributed by atoms with Gasteiger partial charge in [0.25, 0.3) is 0 Å². The van der Waals surface area contributed by atoms with Gasteiger partial charge in [-0.25, -0.2) is 0 Å². The zero-order chi connectivity index (χ0) is 15.1. The van der Waals surface area contributed by atoms with E-state index in [4.69, 9.17) is 16.3 Å². The second-order valence-electron chi connectivity index (χ2n) is 5.73. The van der Waals surface area contributed by atoms with Crippen LogP contribution >= 0.6 is 11.6 Å². The molecule has 0 radical (unpaired) electrons. The van der Waals surface area contributed by atoms with Gasteiger partial charge in [-0.2, -0.15) is 0 Å². The lowest BCUT2D eigenvalue weighted by Gasteiger charge is -2.21. The number of nitrogens with two attached hydrogens (primary N) is 1. The minimum atomic E-state index is 0.305. The van der Waals surface area contributed by atoms with Crippen molar-refractivity contribution < 1.29 is 10.1 Å². The molecule has 0 bridgehead atoms. The van der Waals surface area contributed by atoms with Gasteiger partial charge in [0.1, 0.15) is 5.75 Å². The van der Waals surface area contributed by atoms with Crippen molar-refractivity contribution in [3.8, 4) is 5.75 Å². The number of hydrogen-bond acceptors (Lipinski definition) is 1. The van der Waals surface area contributed by atoms with Crippen LogP contribution in [0.25, 0.3) is 10.9 Å². The maximum atomic E-state index is 6.02. The third-order valence-corrected chi connectivity index (χ3v) is 4.74. The van der Waals surface area contributed by atoms with E-state index in [2.05, 4.69) is 34.6 Å². The average molecular weight is 314 g/mol. The number of halogens is 1. The molecule has 0 unspecified atom stereocenters. The quantitative estimate of drug-likeness (QED) is 0.750. The summed E-state index contributed by atoms with van der Waals surface area (Å²) in [5, 5.41) is 4.45. The van der Waals surface area contributed by atoms with Crippen molar-refractivity contribution in [1.29, 1.82) is 0 Å². The third kappa shape index (κ3) is 2.18. The van der Waals surface area contributed by atoms with E-state index in [1.165, 1.54) is 27.7 Å². The Labute approximate surface area is 134 Å². The molecule has 0 spiro atoms. The summed E-state index contributed by atoms with van der Waals surface area (Å²) in [5.41, 5.74) is 5.18. The van der Waals surface area contributed by atoms with E-state index in [0.717, 1.165) is 23.7 Å². The molecule has 1 atom stereocenters. The number of methoxy groups -OCH3 is 1. The summed E-state index contributed by atoms with van der Waals surface area (Å²) in [5.74, 6) is 0.909. The number of fused-ring (bicyclic) bond motifs is 3. The van der Waals surface area contributed by atoms with Crippen molar-refractivity contribution in [2.45, 2.75) is 12.5 Å². The highest BCUT2D eigenvalue weighted by Gasteiger charge is 2.28. The van der Waals surface area contributed by atoms with E-state index in [0.29, 0.717) is 6.04 Å². The smallest absolute Gasteiger partial charge is 0.153 e. The van der Waals surface area contributed by atoms with Gasteiger partial charge in [-0.1, -0.05) is 23.7 Å². The SMILES string of the molecule is COc1ccc2[nH]c3c(c2c1)CC[NH2+][C@@H]3c1ccc(Cl)cc1. The predicted molar refractivity (Wildman–Crippen MR) is 88.6 cm³/mol. The number of aromatic nitrogens is 1. The number of H-pyrrole nitrogens is 1. The minimum Gasteiger partial charge on any atom is -0.497 e. The molecule has 4 heteroatoms. The fourth-order valence-corrected chi connectivity index (χ4v) is 3.52. The molecule has 112 valence electrons. The predicted octanol–water partition coefficient (Wildman–Crippen LogP) is 3.04. The summed E-state index contributed by atoms with van der Waals surface area (Å²) in [6.45, 7) is 1.09. The monoisotopic (exact) mass is 313 g/mol. The molecular formula is C18H18ClN2O+. The lowest BCUT2D eigenvalue weighted by Crippen LogP contribution is -2.87. The Morgan fingerprint density at radius 2 is 2.00 bits per heavy atom. The number of nitrogens with one attached hydrogen (secondary N) is 1. The fourth-order valence-electron chi connectivity index (χ4n) is 3.39. The van der Waals surface area contributed by atoms with Crippen LogP contribution in [0.15, 0.2) is 42.5 Å². The molecule has 4 rings (SSSR count). The Balaban J connectivity index is 1.85. The van der Waals surface area contributed by atoms with Crippen LogP contribution in [-0.4, -0.2) is 18.6 Å². The first kappa shape index (κ1) is 13.7.